The summed E-state index contributed by atoms with van der Waals surface area (Å²) in [6, 6.07) is 8.69. The Kier molecular flexibility index (Phi) is 19.4. The van der Waals surface area contributed by atoms with Gasteiger partial charge in [-0.25, -0.2) is 0 Å². The van der Waals surface area contributed by atoms with Gasteiger partial charge in [-0.2, -0.15) is 0 Å². The molecule has 1 rings (SSSR count). The third-order valence-corrected chi connectivity index (χ3v) is 5.01. The minimum atomic E-state index is -0.228. The molecule has 3 heteroatoms. The van der Waals surface area contributed by atoms with Gasteiger partial charge in [-0.15, -0.1) is 12.4 Å². The maximum atomic E-state index is 6.29. The summed E-state index contributed by atoms with van der Waals surface area (Å²) >= 11 is 0. The first kappa shape index (κ1) is 28.7. The van der Waals surface area contributed by atoms with Crippen molar-refractivity contribution in [3.63, 3.8) is 0 Å². The number of halogens is 1. The summed E-state index contributed by atoms with van der Waals surface area (Å²) in [4.78, 5) is 0. The van der Waals surface area contributed by atoms with E-state index < -0.39 is 0 Å². The number of hydrogen-bond donors (Lipinski definition) is 1. The molecule has 0 aliphatic rings. The van der Waals surface area contributed by atoms with Crippen molar-refractivity contribution < 1.29 is 31.0 Å². The van der Waals surface area contributed by atoms with E-state index in [4.69, 9.17) is 5.73 Å². The molecular weight excluding hydrogens is 349 g/mol. The zero-order valence-corrected chi connectivity index (χ0v) is 20.8. The van der Waals surface area contributed by atoms with Gasteiger partial charge in [0.05, 0.1) is 0 Å². The van der Waals surface area contributed by atoms with Crippen LogP contribution in [0, 0.1) is 0 Å². The fourth-order valence-corrected chi connectivity index (χ4v) is 3.52. The van der Waals surface area contributed by atoms with E-state index in [1.165, 1.54) is 94.6 Å². The van der Waals surface area contributed by atoms with Crippen LogP contribution in [-0.2, 0) is 12.0 Å². The molecule has 0 aliphatic heterocycles. The molecule has 26 heavy (non-hydrogen) atoms. The fraction of sp³-hybridized carbons (Fsp3) is 0.739. The molecule has 0 fully saturated rings. The second kappa shape index (κ2) is 17.6. The van der Waals surface area contributed by atoms with E-state index in [2.05, 4.69) is 45.0 Å². The maximum Gasteiger partial charge on any atom is 1.00 e. The molecule has 0 atom stereocenters. The normalized spacial score (nSPS) is 10.9. The topological polar surface area (TPSA) is 26.0 Å². The first-order valence-corrected chi connectivity index (χ1v) is 10.4. The Labute approximate surface area is 193 Å². The second-order valence-electron chi connectivity index (χ2n) is 8.02. The van der Waals surface area contributed by atoms with Crippen LogP contribution in [0.4, 0.5) is 0 Å². The minimum absolute atomic E-state index is 0. The van der Waals surface area contributed by atoms with Crippen molar-refractivity contribution in [1.82, 2.24) is 0 Å². The third kappa shape index (κ3) is 13.6. The van der Waals surface area contributed by atoms with Gasteiger partial charge in [-0.05, 0) is 37.8 Å². The number of rotatable bonds is 14. The van der Waals surface area contributed by atoms with Crippen molar-refractivity contribution in [2.75, 3.05) is 0 Å². The van der Waals surface area contributed by atoms with Crippen LogP contribution in [0.15, 0.2) is 24.3 Å². The van der Waals surface area contributed by atoms with Crippen LogP contribution in [0.3, 0.4) is 0 Å². The van der Waals surface area contributed by atoms with Crippen LogP contribution >= 0.6 is 12.4 Å². The molecule has 2 N–H and O–H groups in total. The molecule has 0 aliphatic carbocycles. The molecule has 1 aromatic rings. The number of aryl methyl sites for hydroxylation is 1. The van der Waals surface area contributed by atoms with Crippen LogP contribution < -0.4 is 35.3 Å². The number of benzene rings is 1. The van der Waals surface area contributed by atoms with Crippen LogP contribution in [0.25, 0.3) is 0 Å². The van der Waals surface area contributed by atoms with Crippen molar-refractivity contribution in [2.45, 2.75) is 110 Å². The molecule has 0 unspecified atom stereocenters. The Bertz CT molecular complexity index is 435. The molecule has 148 valence electrons. The zero-order valence-electron chi connectivity index (χ0n) is 19.0. The van der Waals surface area contributed by atoms with Gasteiger partial charge in [0.2, 0.25) is 0 Å². The summed E-state index contributed by atoms with van der Waals surface area (Å²) in [5.41, 5.74) is 8.82. The Morgan fingerprint density at radius 3 is 1.65 bits per heavy atom. The molecule has 0 saturated carbocycles. The molecule has 0 amide bonds. The molecule has 0 radical (unpaired) electrons. The number of unbranched alkanes of at least 4 members (excludes halogenated alkanes) is 11. The quantitative estimate of drug-likeness (QED) is 0.362. The van der Waals surface area contributed by atoms with E-state index >= 15 is 0 Å². The van der Waals surface area contributed by atoms with Gasteiger partial charge in [-0.3, -0.25) is 0 Å². The van der Waals surface area contributed by atoms with Crippen LogP contribution in [0.5, 0.6) is 0 Å². The van der Waals surface area contributed by atoms with Crippen molar-refractivity contribution in [1.29, 1.82) is 0 Å². The molecule has 0 saturated heterocycles. The smallest absolute Gasteiger partial charge is 1.00 e. The molecule has 0 aromatic heterocycles. The van der Waals surface area contributed by atoms with E-state index in [0.29, 0.717) is 0 Å². The maximum absolute atomic E-state index is 6.29. The van der Waals surface area contributed by atoms with E-state index in [-0.39, 0.29) is 48.9 Å². The van der Waals surface area contributed by atoms with E-state index in [1.54, 1.807) is 0 Å². The van der Waals surface area contributed by atoms with E-state index in [9.17, 15) is 0 Å². The monoisotopic (exact) mass is 391 g/mol. The SMILES string of the molecule is CCCCCCCCCCCCCCc1ccccc1C(C)(C)N.Cl.[H-].[Na+]. The minimum Gasteiger partial charge on any atom is -1.00 e. The predicted octanol–water partition coefficient (Wildman–Crippen LogP) is 4.66. The average Bonchev–Trinajstić information content (AvgIpc) is 2.55. The summed E-state index contributed by atoms with van der Waals surface area (Å²) in [5.74, 6) is 0. The Balaban J connectivity index is -0.00000192. The zero-order chi connectivity index (χ0) is 17.7. The first-order chi connectivity index (χ1) is 11.6. The van der Waals surface area contributed by atoms with Gasteiger partial charge in [0.1, 0.15) is 0 Å². The second-order valence-corrected chi connectivity index (χ2v) is 8.02. The van der Waals surface area contributed by atoms with Gasteiger partial charge in [0.25, 0.3) is 0 Å². The van der Waals surface area contributed by atoms with Crippen molar-refractivity contribution >= 4 is 12.4 Å². The summed E-state index contributed by atoms with van der Waals surface area (Å²) in [5, 5.41) is 0. The van der Waals surface area contributed by atoms with Crippen molar-refractivity contribution in [3.05, 3.63) is 35.4 Å². The fourth-order valence-electron chi connectivity index (χ4n) is 3.52. The summed E-state index contributed by atoms with van der Waals surface area (Å²) < 4.78 is 0. The predicted molar refractivity (Wildman–Crippen MR) is 117 cm³/mol. The van der Waals surface area contributed by atoms with Crippen LogP contribution in [0.2, 0.25) is 0 Å². The van der Waals surface area contributed by atoms with Crippen LogP contribution in [-0.4, -0.2) is 0 Å². The molecule has 0 heterocycles. The van der Waals surface area contributed by atoms with Crippen LogP contribution in [0.1, 0.15) is 110 Å². The third-order valence-electron chi connectivity index (χ3n) is 5.01. The molecular formula is C23H43ClNNa. The Morgan fingerprint density at radius 2 is 1.19 bits per heavy atom. The standard InChI is InChI=1S/C23H41N.ClH.Na.H/c1-4-5-6-7-8-9-10-11-12-13-14-15-18-21-19-16-17-20-22(21)23(2,3)24;;;/h16-17,19-20H,4-15,18,24H2,1-3H3;1H;;/q;;+1;-1. The van der Waals surface area contributed by atoms with Gasteiger partial charge < -0.3 is 7.16 Å². The Morgan fingerprint density at radius 1 is 0.769 bits per heavy atom. The van der Waals surface area contributed by atoms with E-state index in [1.807, 2.05) is 0 Å². The molecule has 0 spiro atoms. The molecule has 0 bridgehead atoms. The van der Waals surface area contributed by atoms with E-state index in [0.717, 1.165) is 0 Å². The van der Waals surface area contributed by atoms with Gasteiger partial charge in [-0.1, -0.05) is 102 Å². The summed E-state index contributed by atoms with van der Waals surface area (Å²) in [6.45, 7) is 6.50. The van der Waals surface area contributed by atoms with Crippen molar-refractivity contribution in [3.8, 4) is 0 Å². The summed E-state index contributed by atoms with van der Waals surface area (Å²) in [7, 11) is 0. The number of hydrogen-bond acceptors (Lipinski definition) is 1. The average molecular weight is 392 g/mol. The van der Waals surface area contributed by atoms with Gasteiger partial charge in [0.15, 0.2) is 0 Å². The van der Waals surface area contributed by atoms with Crippen molar-refractivity contribution in [2.24, 2.45) is 5.73 Å². The molecule has 1 nitrogen and oxygen atoms in total. The van der Waals surface area contributed by atoms with Gasteiger partial charge >= 0.3 is 29.6 Å². The Hall–Kier alpha value is 0.470. The largest absolute Gasteiger partial charge is 1.00 e. The summed E-state index contributed by atoms with van der Waals surface area (Å²) in [6.07, 6.45) is 18.1. The molecule has 1 aromatic carbocycles. The first-order valence-electron chi connectivity index (χ1n) is 10.4. The van der Waals surface area contributed by atoms with Gasteiger partial charge in [0, 0.05) is 5.54 Å². The number of nitrogens with two attached hydrogens (primary N) is 1.